The number of nitrogens with zero attached hydrogens (tertiary/aromatic N) is 2. The summed E-state index contributed by atoms with van der Waals surface area (Å²) < 4.78 is 27.6. The van der Waals surface area contributed by atoms with Crippen molar-refractivity contribution in [3.05, 3.63) is 82.9 Å². The molecule has 1 atom stereocenters. The van der Waals surface area contributed by atoms with Crippen LogP contribution in [-0.2, 0) is 15.8 Å². The lowest BCUT2D eigenvalue weighted by Gasteiger charge is -2.20. The average Bonchev–Trinajstić information content (AvgIpc) is 3.54. The summed E-state index contributed by atoms with van der Waals surface area (Å²) in [6.45, 7) is 2.07. The van der Waals surface area contributed by atoms with Crippen molar-refractivity contribution in [1.29, 1.82) is 5.26 Å². The molecule has 1 unspecified atom stereocenters. The zero-order chi connectivity index (χ0) is 25.0. The fourth-order valence-corrected chi connectivity index (χ4v) is 6.83. The lowest BCUT2D eigenvalue weighted by atomic mass is 10.1. The van der Waals surface area contributed by atoms with E-state index in [1.54, 1.807) is 29.6 Å². The second-order valence-corrected chi connectivity index (χ2v) is 12.3. The van der Waals surface area contributed by atoms with Crippen molar-refractivity contribution < 1.29 is 13.2 Å². The van der Waals surface area contributed by atoms with Gasteiger partial charge in [-0.2, -0.15) is 5.26 Å². The quantitative estimate of drug-likeness (QED) is 0.323. The second-order valence-electron chi connectivity index (χ2n) is 7.96. The summed E-state index contributed by atoms with van der Waals surface area (Å²) in [5.41, 5.74) is 3.30. The zero-order valence-corrected chi connectivity index (χ0v) is 21.6. The third-order valence-corrected chi connectivity index (χ3v) is 9.75. The topological polar surface area (TPSA) is 106 Å². The molecule has 0 aliphatic heterocycles. The predicted molar refractivity (Wildman–Crippen MR) is 142 cm³/mol. The number of hydrogen-bond donors (Lipinski definition) is 2. The van der Waals surface area contributed by atoms with Crippen LogP contribution in [0.3, 0.4) is 0 Å². The van der Waals surface area contributed by atoms with Crippen molar-refractivity contribution in [3.8, 4) is 6.07 Å². The molecule has 0 aliphatic carbocycles. The highest BCUT2D eigenvalue weighted by molar-refractivity contribution is 7.99. The Balaban J connectivity index is 1.51. The van der Waals surface area contributed by atoms with Crippen LogP contribution in [0.5, 0.6) is 0 Å². The minimum absolute atomic E-state index is 0.195. The first-order chi connectivity index (χ1) is 16.8. The Hall–Kier alpha value is -3.26. The van der Waals surface area contributed by atoms with E-state index in [4.69, 9.17) is 0 Å². The van der Waals surface area contributed by atoms with Gasteiger partial charge in [0.05, 0.1) is 17.3 Å². The number of thiophene rings is 1. The van der Waals surface area contributed by atoms with Crippen molar-refractivity contribution in [3.63, 3.8) is 0 Å². The number of H-pyrrole nitrogens is 1. The number of fused-ring (bicyclic) bond motifs is 1. The second kappa shape index (κ2) is 10.6. The molecule has 0 bridgehead atoms. The van der Waals surface area contributed by atoms with Gasteiger partial charge in [0.1, 0.15) is 15.2 Å². The van der Waals surface area contributed by atoms with Crippen LogP contribution in [0.2, 0.25) is 0 Å². The molecule has 1 amide bonds. The van der Waals surface area contributed by atoms with Crippen LogP contribution in [0, 0.1) is 18.3 Å². The lowest BCUT2D eigenvalue weighted by molar-refractivity contribution is 0.0951. The molecule has 2 aromatic heterocycles. The molecule has 2 heterocycles. The molecule has 0 aliphatic rings. The zero-order valence-electron chi connectivity index (χ0n) is 19.2. The number of aryl methyl sites for hydroxylation is 1. The number of aromatic amines is 1. The summed E-state index contributed by atoms with van der Waals surface area (Å²) >= 11 is 2.62. The minimum atomic E-state index is -3.73. The third kappa shape index (κ3) is 5.53. The van der Waals surface area contributed by atoms with E-state index in [0.717, 1.165) is 27.8 Å². The van der Waals surface area contributed by atoms with Gasteiger partial charge in [0.2, 0.25) is 0 Å². The fourth-order valence-electron chi connectivity index (χ4n) is 3.61. The maximum Gasteiger partial charge on any atom is 0.273 e. The summed E-state index contributed by atoms with van der Waals surface area (Å²) in [4.78, 5) is 16.0. The van der Waals surface area contributed by atoms with E-state index in [9.17, 15) is 18.5 Å². The molecule has 0 fully saturated rings. The highest BCUT2D eigenvalue weighted by Gasteiger charge is 2.25. The molecular weight excluding hydrogens is 501 g/mol. The van der Waals surface area contributed by atoms with Crippen molar-refractivity contribution in [2.24, 2.45) is 0 Å². The first-order valence-electron chi connectivity index (χ1n) is 10.8. The number of carbonyl (C=O) groups excluding carboxylic acids is 1. The van der Waals surface area contributed by atoms with Crippen molar-refractivity contribution >= 4 is 55.6 Å². The average molecular weight is 525 g/mol. The number of nitrogens with one attached hydrogen (secondary N) is 2. The highest BCUT2D eigenvalue weighted by atomic mass is 32.2. The lowest BCUT2D eigenvalue weighted by Crippen LogP contribution is -2.30. The van der Waals surface area contributed by atoms with E-state index in [1.165, 1.54) is 23.1 Å². The SMILES string of the molecule is Cc1cc(N(C)S(=O)(=O)c2cccs2)c2[nH]c(C(=O)NCC(C#N)SCc3ccccc3)cc2c1. The van der Waals surface area contributed by atoms with E-state index in [0.29, 0.717) is 22.7 Å². The standard InChI is InChI=1S/C25H24N4O3S3/c1-17-11-19-13-21(25(30)27-15-20(14-26)34-16-18-7-4-3-5-8-18)28-24(19)22(12-17)29(2)35(31,32)23-9-6-10-33-23/h3-13,20,28H,15-16H2,1-2H3,(H,27,30). The van der Waals surface area contributed by atoms with Crippen molar-refractivity contribution in [2.75, 3.05) is 17.9 Å². The van der Waals surface area contributed by atoms with Crippen LogP contribution in [0.4, 0.5) is 5.69 Å². The summed E-state index contributed by atoms with van der Waals surface area (Å²) in [7, 11) is -2.22. The van der Waals surface area contributed by atoms with Crippen LogP contribution in [0.1, 0.15) is 21.6 Å². The summed E-state index contributed by atoms with van der Waals surface area (Å²) in [6, 6.07) is 20.7. The summed E-state index contributed by atoms with van der Waals surface area (Å²) in [5.74, 6) is 0.323. The van der Waals surface area contributed by atoms with E-state index in [2.05, 4.69) is 16.4 Å². The Morgan fingerprint density at radius 3 is 2.66 bits per heavy atom. The molecule has 4 aromatic rings. The largest absolute Gasteiger partial charge is 0.349 e. The van der Waals surface area contributed by atoms with Gasteiger partial charge in [-0.1, -0.05) is 36.4 Å². The van der Waals surface area contributed by atoms with Gasteiger partial charge in [-0.15, -0.1) is 23.1 Å². The Labute approximate surface area is 212 Å². The monoisotopic (exact) mass is 524 g/mol. The van der Waals surface area contributed by atoms with E-state index >= 15 is 0 Å². The van der Waals surface area contributed by atoms with Gasteiger partial charge in [-0.25, -0.2) is 8.42 Å². The first kappa shape index (κ1) is 24.9. The van der Waals surface area contributed by atoms with Crippen LogP contribution < -0.4 is 9.62 Å². The first-order valence-corrected chi connectivity index (χ1v) is 14.2. The number of carbonyl (C=O) groups is 1. The normalized spacial score (nSPS) is 12.3. The molecule has 0 spiro atoms. The third-order valence-electron chi connectivity index (χ3n) is 5.43. The van der Waals surface area contributed by atoms with Gasteiger partial charge < -0.3 is 10.3 Å². The fraction of sp³-hybridized carbons (Fsp3) is 0.200. The molecule has 0 saturated heterocycles. The number of rotatable bonds is 9. The number of anilines is 1. The molecule has 180 valence electrons. The summed E-state index contributed by atoms with van der Waals surface area (Å²) in [6.07, 6.45) is 0. The summed E-state index contributed by atoms with van der Waals surface area (Å²) in [5, 5.41) is 14.4. The van der Waals surface area contributed by atoms with Gasteiger partial charge in [0.15, 0.2) is 0 Å². The van der Waals surface area contributed by atoms with Crippen LogP contribution in [0.25, 0.3) is 10.9 Å². The predicted octanol–water partition coefficient (Wildman–Crippen LogP) is 4.92. The molecule has 35 heavy (non-hydrogen) atoms. The van der Waals surface area contributed by atoms with E-state index in [1.807, 2.05) is 43.3 Å². The highest BCUT2D eigenvalue weighted by Crippen LogP contribution is 2.32. The van der Waals surface area contributed by atoms with Crippen LogP contribution in [-0.4, -0.2) is 38.2 Å². The van der Waals surface area contributed by atoms with Gasteiger partial charge in [0.25, 0.3) is 15.9 Å². The van der Waals surface area contributed by atoms with Crippen LogP contribution in [0.15, 0.2) is 70.3 Å². The smallest absolute Gasteiger partial charge is 0.273 e. The number of hydrogen-bond acceptors (Lipinski definition) is 6. The molecular formula is C25H24N4O3S3. The Kier molecular flexibility index (Phi) is 7.50. The van der Waals surface area contributed by atoms with Gasteiger partial charge in [-0.3, -0.25) is 9.10 Å². The Bertz CT molecular complexity index is 1470. The van der Waals surface area contributed by atoms with E-state index < -0.39 is 15.3 Å². The molecule has 10 heteroatoms. The van der Waals surface area contributed by atoms with E-state index in [-0.39, 0.29) is 16.7 Å². The number of sulfonamides is 1. The molecule has 2 N–H and O–H groups in total. The van der Waals surface area contributed by atoms with Crippen molar-refractivity contribution in [2.45, 2.75) is 22.1 Å². The molecule has 0 saturated carbocycles. The Morgan fingerprint density at radius 1 is 1.20 bits per heavy atom. The maximum absolute atomic E-state index is 13.1. The number of nitriles is 1. The Morgan fingerprint density at radius 2 is 1.97 bits per heavy atom. The maximum atomic E-state index is 13.1. The number of thioether (sulfide) groups is 1. The minimum Gasteiger partial charge on any atom is -0.349 e. The van der Waals surface area contributed by atoms with Gasteiger partial charge in [0, 0.05) is 24.7 Å². The number of amides is 1. The molecule has 2 aromatic carbocycles. The van der Waals surface area contributed by atoms with Crippen LogP contribution >= 0.6 is 23.1 Å². The molecule has 0 radical (unpaired) electrons. The number of benzene rings is 2. The van der Waals surface area contributed by atoms with Gasteiger partial charge >= 0.3 is 0 Å². The van der Waals surface area contributed by atoms with Crippen molar-refractivity contribution in [1.82, 2.24) is 10.3 Å². The number of aromatic nitrogens is 1. The van der Waals surface area contributed by atoms with Gasteiger partial charge in [-0.05, 0) is 47.7 Å². The molecule has 7 nitrogen and oxygen atoms in total. The molecule has 4 rings (SSSR count).